The maximum absolute atomic E-state index is 13.6. The molecule has 3 aliphatic rings. The van der Waals surface area contributed by atoms with Gasteiger partial charge in [-0.3, -0.25) is 9.59 Å². The van der Waals surface area contributed by atoms with Crippen molar-refractivity contribution in [2.24, 2.45) is 5.92 Å². The lowest BCUT2D eigenvalue weighted by molar-refractivity contribution is -0.137. The van der Waals surface area contributed by atoms with E-state index in [1.54, 1.807) is 20.1 Å². The molecule has 2 saturated heterocycles. The molecular weight excluding hydrogens is 496 g/mol. The summed E-state index contributed by atoms with van der Waals surface area (Å²) in [5.41, 5.74) is 1.99. The number of rotatable bonds is 5. The number of aryl methyl sites for hydroxylation is 1. The van der Waals surface area contributed by atoms with Gasteiger partial charge in [-0.05, 0) is 43.5 Å². The van der Waals surface area contributed by atoms with Crippen LogP contribution in [0.5, 0.6) is 11.5 Å². The molecule has 3 heterocycles. The number of ether oxygens (including phenoxy) is 2. The molecule has 2 aromatic rings. The fraction of sp³-hybridized carbons (Fsp3) is 0.462. The third kappa shape index (κ3) is 4.97. The predicted octanol–water partition coefficient (Wildman–Crippen LogP) is 2.08. The second-order valence-corrected chi connectivity index (χ2v) is 11.5. The van der Waals surface area contributed by atoms with E-state index < -0.39 is 10.0 Å². The number of hydrogen-bond acceptors (Lipinski definition) is 7. The van der Waals surface area contributed by atoms with Gasteiger partial charge in [0.15, 0.2) is 6.61 Å². The number of sulfonamides is 1. The minimum absolute atomic E-state index is 0.00721. The third-order valence-corrected chi connectivity index (χ3v) is 9.29. The lowest BCUT2D eigenvalue weighted by atomic mass is 9.97. The quantitative estimate of drug-likeness (QED) is 0.633. The highest BCUT2D eigenvalue weighted by atomic mass is 32.2. The van der Waals surface area contributed by atoms with Crippen molar-refractivity contribution >= 4 is 33.2 Å². The summed E-state index contributed by atoms with van der Waals surface area (Å²) >= 11 is 0. The van der Waals surface area contributed by atoms with Crippen molar-refractivity contribution in [3.05, 3.63) is 42.0 Å². The first-order valence-electron chi connectivity index (χ1n) is 12.5. The molecule has 2 amide bonds. The average molecular weight is 529 g/mol. The Morgan fingerprint density at radius 1 is 1.11 bits per heavy atom. The van der Waals surface area contributed by atoms with E-state index >= 15 is 0 Å². The summed E-state index contributed by atoms with van der Waals surface area (Å²) in [5.74, 6) is 0.494. The molecule has 2 fully saturated rings. The summed E-state index contributed by atoms with van der Waals surface area (Å²) in [4.78, 5) is 29.2. The Kier molecular flexibility index (Phi) is 7.00. The SMILES string of the molecule is COc1ccccc1N1CCN(C(=O)[C@@H]2CCCN(S(=O)(=O)c3cc4c(cc3C)NC(=O)CO4)C2)CC1. The molecule has 0 aromatic heterocycles. The van der Waals surface area contributed by atoms with Gasteiger partial charge in [-0.2, -0.15) is 4.31 Å². The monoisotopic (exact) mass is 528 g/mol. The van der Waals surface area contributed by atoms with E-state index in [2.05, 4.69) is 10.2 Å². The second-order valence-electron chi connectivity index (χ2n) is 9.64. The van der Waals surface area contributed by atoms with Gasteiger partial charge in [-0.15, -0.1) is 0 Å². The average Bonchev–Trinajstić information content (AvgIpc) is 2.92. The number of methoxy groups -OCH3 is 1. The number of anilines is 2. The Hall–Kier alpha value is -3.31. The zero-order chi connectivity index (χ0) is 26.2. The molecule has 37 heavy (non-hydrogen) atoms. The lowest BCUT2D eigenvalue weighted by Crippen LogP contribution is -2.53. The van der Waals surface area contributed by atoms with E-state index in [-0.39, 0.29) is 35.8 Å². The summed E-state index contributed by atoms with van der Waals surface area (Å²) in [6.07, 6.45) is 1.28. The molecule has 3 aliphatic heterocycles. The number of nitrogens with one attached hydrogen (secondary N) is 1. The molecule has 0 spiro atoms. The van der Waals surface area contributed by atoms with Gasteiger partial charge in [0.2, 0.25) is 15.9 Å². The van der Waals surface area contributed by atoms with E-state index in [1.807, 2.05) is 29.2 Å². The van der Waals surface area contributed by atoms with Crippen LogP contribution in [-0.2, 0) is 19.6 Å². The molecule has 11 heteroatoms. The van der Waals surface area contributed by atoms with Gasteiger partial charge >= 0.3 is 0 Å². The lowest BCUT2D eigenvalue weighted by Gasteiger charge is -2.39. The summed E-state index contributed by atoms with van der Waals surface area (Å²) in [6.45, 7) is 4.59. The van der Waals surface area contributed by atoms with Crippen molar-refractivity contribution in [3.63, 3.8) is 0 Å². The first-order chi connectivity index (χ1) is 17.8. The Balaban J connectivity index is 1.26. The van der Waals surface area contributed by atoms with Crippen LogP contribution in [0.2, 0.25) is 0 Å². The molecule has 1 N–H and O–H groups in total. The zero-order valence-corrected chi connectivity index (χ0v) is 21.9. The smallest absolute Gasteiger partial charge is 0.262 e. The zero-order valence-electron chi connectivity index (χ0n) is 21.1. The van der Waals surface area contributed by atoms with Crippen LogP contribution in [0.25, 0.3) is 0 Å². The highest BCUT2D eigenvalue weighted by Crippen LogP contribution is 2.35. The van der Waals surface area contributed by atoms with Crippen LogP contribution in [0.4, 0.5) is 11.4 Å². The van der Waals surface area contributed by atoms with E-state index in [1.165, 1.54) is 10.4 Å². The van der Waals surface area contributed by atoms with Crippen molar-refractivity contribution in [1.29, 1.82) is 0 Å². The topological polar surface area (TPSA) is 108 Å². The van der Waals surface area contributed by atoms with Gasteiger partial charge in [0.25, 0.3) is 5.91 Å². The number of fused-ring (bicyclic) bond motifs is 1. The van der Waals surface area contributed by atoms with E-state index in [0.29, 0.717) is 62.6 Å². The molecule has 10 nitrogen and oxygen atoms in total. The minimum atomic E-state index is -3.84. The van der Waals surface area contributed by atoms with Crippen LogP contribution in [0, 0.1) is 12.8 Å². The van der Waals surface area contributed by atoms with E-state index in [4.69, 9.17) is 9.47 Å². The van der Waals surface area contributed by atoms with Gasteiger partial charge < -0.3 is 24.6 Å². The number of amides is 2. The Morgan fingerprint density at radius 3 is 2.62 bits per heavy atom. The molecule has 198 valence electrons. The van der Waals surface area contributed by atoms with Crippen LogP contribution in [0.15, 0.2) is 41.3 Å². The van der Waals surface area contributed by atoms with Crippen LogP contribution in [-0.4, -0.2) is 82.4 Å². The summed E-state index contributed by atoms with van der Waals surface area (Å²) in [6, 6.07) is 10.9. The van der Waals surface area contributed by atoms with E-state index in [0.717, 1.165) is 11.4 Å². The van der Waals surface area contributed by atoms with Gasteiger partial charge in [-0.1, -0.05) is 12.1 Å². The maximum Gasteiger partial charge on any atom is 0.262 e. The fourth-order valence-electron chi connectivity index (χ4n) is 5.31. The second kappa shape index (κ2) is 10.2. The van der Waals surface area contributed by atoms with Crippen molar-refractivity contribution in [2.45, 2.75) is 24.7 Å². The number of piperidine rings is 1. The predicted molar refractivity (Wildman–Crippen MR) is 139 cm³/mol. The summed E-state index contributed by atoms with van der Waals surface area (Å²) in [5, 5.41) is 2.70. The highest BCUT2D eigenvalue weighted by molar-refractivity contribution is 7.89. The molecule has 2 aromatic carbocycles. The third-order valence-electron chi connectivity index (χ3n) is 7.28. The molecule has 0 unspecified atom stereocenters. The standard InChI is InChI=1S/C26H32N4O6S/c1-18-14-20-23(36-17-25(31)27-20)15-24(18)37(33,34)30-9-5-6-19(16-30)26(32)29-12-10-28(11-13-29)21-7-3-4-8-22(21)35-2/h3-4,7-8,14-15,19H,5-6,9-13,16-17H2,1-2H3,(H,27,31)/t19-/m1/s1. The molecule has 0 radical (unpaired) electrons. The summed E-state index contributed by atoms with van der Waals surface area (Å²) in [7, 11) is -2.19. The van der Waals surface area contributed by atoms with Crippen LogP contribution >= 0.6 is 0 Å². The number of piperazine rings is 1. The Morgan fingerprint density at radius 2 is 1.86 bits per heavy atom. The first kappa shape index (κ1) is 25.3. The fourth-order valence-corrected chi connectivity index (χ4v) is 7.06. The molecule has 1 atom stereocenters. The van der Waals surface area contributed by atoms with Crippen molar-refractivity contribution in [2.75, 3.05) is 63.2 Å². The molecule has 0 aliphatic carbocycles. The Bertz CT molecular complexity index is 1310. The maximum atomic E-state index is 13.6. The van der Waals surface area contributed by atoms with Gasteiger partial charge in [0, 0.05) is 45.3 Å². The number of benzene rings is 2. The minimum Gasteiger partial charge on any atom is -0.495 e. The van der Waals surface area contributed by atoms with Gasteiger partial charge in [0.05, 0.1) is 29.3 Å². The van der Waals surface area contributed by atoms with E-state index in [9.17, 15) is 18.0 Å². The number of para-hydroxylation sites is 2. The Labute approximate surface area is 217 Å². The van der Waals surface area contributed by atoms with Crippen LogP contribution in [0.1, 0.15) is 18.4 Å². The summed E-state index contributed by atoms with van der Waals surface area (Å²) < 4.78 is 39.5. The first-order valence-corrected chi connectivity index (χ1v) is 14.0. The highest BCUT2D eigenvalue weighted by Gasteiger charge is 2.37. The van der Waals surface area contributed by atoms with Gasteiger partial charge in [-0.25, -0.2) is 8.42 Å². The molecule has 0 bridgehead atoms. The normalized spacial score (nSPS) is 20.6. The van der Waals surface area contributed by atoms with Crippen molar-refractivity contribution in [1.82, 2.24) is 9.21 Å². The van der Waals surface area contributed by atoms with Crippen LogP contribution in [0.3, 0.4) is 0 Å². The number of hydrogen-bond donors (Lipinski definition) is 1. The van der Waals surface area contributed by atoms with Crippen LogP contribution < -0.4 is 19.7 Å². The molecule has 0 saturated carbocycles. The number of nitrogens with zero attached hydrogens (tertiary/aromatic N) is 3. The van der Waals surface area contributed by atoms with Crippen molar-refractivity contribution in [3.8, 4) is 11.5 Å². The molecular formula is C26H32N4O6S. The number of carbonyl (C=O) groups excluding carboxylic acids is 2. The van der Waals surface area contributed by atoms with Gasteiger partial charge in [0.1, 0.15) is 11.5 Å². The number of carbonyl (C=O) groups is 2. The largest absolute Gasteiger partial charge is 0.495 e. The molecule has 5 rings (SSSR count). The van der Waals surface area contributed by atoms with Crippen molar-refractivity contribution < 1.29 is 27.5 Å².